The second-order valence-corrected chi connectivity index (χ2v) is 6.94. The summed E-state index contributed by atoms with van der Waals surface area (Å²) < 4.78 is 5.07. The van der Waals surface area contributed by atoms with E-state index in [0.717, 1.165) is 5.56 Å². The Kier molecular flexibility index (Phi) is 5.27. The van der Waals surface area contributed by atoms with Crippen LogP contribution < -0.4 is 5.32 Å². The Morgan fingerprint density at radius 1 is 1.23 bits per heavy atom. The van der Waals surface area contributed by atoms with Crippen LogP contribution in [-0.4, -0.2) is 54.1 Å². The molecule has 0 spiro atoms. The van der Waals surface area contributed by atoms with Gasteiger partial charge in [-0.25, -0.2) is 9.69 Å². The number of hydrogen-bond donors (Lipinski definition) is 1. The monoisotopic (exact) mass is 359 g/mol. The molecule has 3 rings (SSSR count). The van der Waals surface area contributed by atoms with Gasteiger partial charge in [-0.15, -0.1) is 0 Å². The highest BCUT2D eigenvalue weighted by Gasteiger charge is 2.49. The number of rotatable bonds is 5. The van der Waals surface area contributed by atoms with Crippen LogP contribution in [0, 0.1) is 5.92 Å². The van der Waals surface area contributed by atoms with Crippen LogP contribution in [0.3, 0.4) is 0 Å². The molecule has 7 heteroatoms. The average Bonchev–Trinajstić information content (AvgIpc) is 2.87. The largest absolute Gasteiger partial charge is 0.466 e. The van der Waals surface area contributed by atoms with E-state index in [9.17, 15) is 14.4 Å². The number of carbonyl (C=O) groups excluding carboxylic acids is 3. The van der Waals surface area contributed by atoms with Crippen molar-refractivity contribution in [3.63, 3.8) is 0 Å². The van der Waals surface area contributed by atoms with Crippen molar-refractivity contribution >= 4 is 17.9 Å². The number of piperidine rings is 1. The molecule has 0 unspecified atom stereocenters. The Balaban J connectivity index is 1.62. The van der Waals surface area contributed by atoms with E-state index in [-0.39, 0.29) is 30.5 Å². The highest BCUT2D eigenvalue weighted by molar-refractivity contribution is 6.07. The Morgan fingerprint density at radius 2 is 1.88 bits per heavy atom. The number of ether oxygens (including phenoxy) is 1. The summed E-state index contributed by atoms with van der Waals surface area (Å²) in [6, 6.07) is 8.87. The SMILES string of the molecule is CCOC(=O)C1CCN(CN2C(=O)N[C@@](C)(c3ccccc3)C2=O)CC1. The average molecular weight is 359 g/mol. The van der Waals surface area contributed by atoms with Gasteiger partial charge in [-0.05, 0) is 32.3 Å². The number of carbonyl (C=O) groups is 3. The number of amides is 3. The number of nitrogens with one attached hydrogen (secondary N) is 1. The zero-order valence-corrected chi connectivity index (χ0v) is 15.2. The Bertz CT molecular complexity index is 685. The Hall–Kier alpha value is -2.41. The summed E-state index contributed by atoms with van der Waals surface area (Å²) >= 11 is 0. The summed E-state index contributed by atoms with van der Waals surface area (Å²) in [6.07, 6.45) is 1.36. The van der Waals surface area contributed by atoms with E-state index in [0.29, 0.717) is 32.5 Å². The van der Waals surface area contributed by atoms with Crippen molar-refractivity contribution in [3.8, 4) is 0 Å². The van der Waals surface area contributed by atoms with E-state index in [1.165, 1.54) is 4.90 Å². The minimum atomic E-state index is -1.04. The standard InChI is InChI=1S/C19H25N3O4/c1-3-26-16(23)14-9-11-21(12-10-14)13-22-17(24)19(2,20-18(22)25)15-7-5-4-6-8-15/h4-8,14H,3,9-13H2,1-2H3,(H,20,25)/t19-/m0/s1. The van der Waals surface area contributed by atoms with E-state index < -0.39 is 5.54 Å². The topological polar surface area (TPSA) is 79.0 Å². The minimum absolute atomic E-state index is 0.0936. The molecule has 0 aliphatic carbocycles. The van der Waals surface area contributed by atoms with Gasteiger partial charge < -0.3 is 10.1 Å². The maximum absolute atomic E-state index is 12.9. The lowest BCUT2D eigenvalue weighted by atomic mass is 9.92. The third-order valence-electron chi connectivity index (χ3n) is 5.18. The van der Waals surface area contributed by atoms with Crippen LogP contribution in [0.2, 0.25) is 0 Å². The van der Waals surface area contributed by atoms with E-state index >= 15 is 0 Å². The second kappa shape index (κ2) is 7.45. The fourth-order valence-electron chi connectivity index (χ4n) is 3.56. The number of benzene rings is 1. The van der Waals surface area contributed by atoms with Gasteiger partial charge in [0.1, 0.15) is 5.54 Å². The lowest BCUT2D eigenvalue weighted by molar-refractivity contribution is -0.150. The molecule has 0 saturated carbocycles. The van der Waals surface area contributed by atoms with Gasteiger partial charge >= 0.3 is 12.0 Å². The van der Waals surface area contributed by atoms with Crippen LogP contribution in [0.15, 0.2) is 30.3 Å². The van der Waals surface area contributed by atoms with Crippen molar-refractivity contribution in [3.05, 3.63) is 35.9 Å². The van der Waals surface area contributed by atoms with Gasteiger partial charge in [-0.3, -0.25) is 14.5 Å². The maximum Gasteiger partial charge on any atom is 0.326 e. The smallest absolute Gasteiger partial charge is 0.326 e. The molecular weight excluding hydrogens is 334 g/mol. The number of likely N-dealkylation sites (tertiary alicyclic amines) is 1. The fourth-order valence-corrected chi connectivity index (χ4v) is 3.56. The highest BCUT2D eigenvalue weighted by Crippen LogP contribution is 2.29. The molecule has 1 atom stereocenters. The number of imide groups is 1. The molecule has 1 aromatic carbocycles. The van der Waals surface area contributed by atoms with Crippen LogP contribution in [0.4, 0.5) is 4.79 Å². The quantitative estimate of drug-likeness (QED) is 0.639. The van der Waals surface area contributed by atoms with E-state index in [1.54, 1.807) is 13.8 Å². The molecule has 1 aromatic rings. The summed E-state index contributed by atoms with van der Waals surface area (Å²) in [4.78, 5) is 40.4. The predicted octanol–water partition coefficient (Wildman–Crippen LogP) is 1.69. The molecule has 0 aromatic heterocycles. The highest BCUT2D eigenvalue weighted by atomic mass is 16.5. The zero-order valence-electron chi connectivity index (χ0n) is 15.2. The van der Waals surface area contributed by atoms with Gasteiger partial charge in [-0.2, -0.15) is 0 Å². The van der Waals surface area contributed by atoms with Gasteiger partial charge in [0.05, 0.1) is 19.2 Å². The first-order valence-corrected chi connectivity index (χ1v) is 9.04. The van der Waals surface area contributed by atoms with Crippen molar-refractivity contribution < 1.29 is 19.1 Å². The van der Waals surface area contributed by atoms with Crippen molar-refractivity contribution in [2.75, 3.05) is 26.4 Å². The van der Waals surface area contributed by atoms with Gasteiger partial charge in [0.15, 0.2) is 0 Å². The molecule has 1 N–H and O–H groups in total. The first-order chi connectivity index (χ1) is 12.5. The minimum Gasteiger partial charge on any atom is -0.466 e. The van der Waals surface area contributed by atoms with Crippen LogP contribution in [0.1, 0.15) is 32.3 Å². The molecule has 7 nitrogen and oxygen atoms in total. The molecule has 2 fully saturated rings. The third-order valence-corrected chi connectivity index (χ3v) is 5.18. The van der Waals surface area contributed by atoms with Crippen LogP contribution in [0.25, 0.3) is 0 Å². The van der Waals surface area contributed by atoms with E-state index in [4.69, 9.17) is 4.74 Å². The first kappa shape index (κ1) is 18.4. The second-order valence-electron chi connectivity index (χ2n) is 6.94. The number of nitrogens with zero attached hydrogens (tertiary/aromatic N) is 2. The molecule has 140 valence electrons. The van der Waals surface area contributed by atoms with Gasteiger partial charge in [0.25, 0.3) is 5.91 Å². The maximum atomic E-state index is 12.9. The van der Waals surface area contributed by atoms with Gasteiger partial charge in [-0.1, -0.05) is 30.3 Å². The fraction of sp³-hybridized carbons (Fsp3) is 0.526. The van der Waals surface area contributed by atoms with Crippen LogP contribution in [0.5, 0.6) is 0 Å². The summed E-state index contributed by atoms with van der Waals surface area (Å²) in [7, 11) is 0. The molecule has 2 aliphatic rings. The van der Waals surface area contributed by atoms with Crippen molar-refractivity contribution in [2.24, 2.45) is 5.92 Å². The molecule has 3 amide bonds. The molecule has 26 heavy (non-hydrogen) atoms. The molecule has 2 aliphatic heterocycles. The van der Waals surface area contributed by atoms with Crippen LogP contribution in [-0.2, 0) is 19.9 Å². The zero-order chi connectivity index (χ0) is 18.7. The number of urea groups is 1. The third kappa shape index (κ3) is 3.44. The number of esters is 1. The van der Waals surface area contributed by atoms with E-state index in [1.807, 2.05) is 35.2 Å². The Labute approximate surface area is 153 Å². The molecule has 0 radical (unpaired) electrons. The normalized spacial score (nSPS) is 24.6. The summed E-state index contributed by atoms with van der Waals surface area (Å²) in [5, 5.41) is 2.82. The van der Waals surface area contributed by atoms with Gasteiger partial charge in [0.2, 0.25) is 0 Å². The summed E-state index contributed by atoms with van der Waals surface area (Å²) in [5.74, 6) is -0.496. The lowest BCUT2D eigenvalue weighted by Gasteiger charge is -2.32. The van der Waals surface area contributed by atoms with E-state index in [2.05, 4.69) is 5.32 Å². The van der Waals surface area contributed by atoms with Crippen molar-refractivity contribution in [1.82, 2.24) is 15.1 Å². The van der Waals surface area contributed by atoms with Gasteiger partial charge in [0, 0.05) is 13.1 Å². The van der Waals surface area contributed by atoms with Crippen LogP contribution >= 0.6 is 0 Å². The first-order valence-electron chi connectivity index (χ1n) is 9.04. The molecule has 0 bridgehead atoms. The number of hydrogen-bond acceptors (Lipinski definition) is 5. The predicted molar refractivity (Wildman–Crippen MR) is 95.0 cm³/mol. The molecule has 2 saturated heterocycles. The molecular formula is C19H25N3O4. The summed E-state index contributed by atoms with van der Waals surface area (Å²) in [6.45, 7) is 5.47. The van der Waals surface area contributed by atoms with Crippen molar-refractivity contribution in [1.29, 1.82) is 0 Å². The van der Waals surface area contributed by atoms with Crippen molar-refractivity contribution in [2.45, 2.75) is 32.2 Å². The summed E-state index contributed by atoms with van der Waals surface area (Å²) in [5.41, 5.74) is -0.274. The molecule has 2 heterocycles. The lowest BCUT2D eigenvalue weighted by Crippen LogP contribution is -2.46. The Morgan fingerprint density at radius 3 is 2.50 bits per heavy atom.